The summed E-state index contributed by atoms with van der Waals surface area (Å²) in [5, 5.41) is 4.62. The lowest BCUT2D eigenvalue weighted by Gasteiger charge is -2.16. The molecule has 166 valence electrons. The van der Waals surface area contributed by atoms with E-state index in [1.54, 1.807) is 29.2 Å². The van der Waals surface area contributed by atoms with Gasteiger partial charge in [0.2, 0.25) is 10.0 Å². The smallest absolute Gasteiger partial charge is 0.251 e. The summed E-state index contributed by atoms with van der Waals surface area (Å²) in [6, 6.07) is 14.8. The highest BCUT2D eigenvalue weighted by Crippen LogP contribution is 2.31. The molecule has 3 aromatic rings. The van der Waals surface area contributed by atoms with Crippen LogP contribution in [0.1, 0.15) is 22.5 Å². The van der Waals surface area contributed by atoms with E-state index in [1.165, 1.54) is 18.4 Å². The maximum atomic E-state index is 13.0. The van der Waals surface area contributed by atoms with Crippen molar-refractivity contribution in [1.82, 2.24) is 14.1 Å². The van der Waals surface area contributed by atoms with Gasteiger partial charge in [-0.15, -0.1) is 0 Å². The molecule has 7 nitrogen and oxygen atoms in total. The Morgan fingerprint density at radius 2 is 1.81 bits per heavy atom. The van der Waals surface area contributed by atoms with Crippen LogP contribution in [-0.4, -0.2) is 49.1 Å². The van der Waals surface area contributed by atoms with Crippen molar-refractivity contribution in [3.63, 3.8) is 0 Å². The highest BCUT2D eigenvalue weighted by atomic mass is 32.2. The van der Waals surface area contributed by atoms with E-state index >= 15 is 0 Å². The lowest BCUT2D eigenvalue weighted by atomic mass is 10.1. The zero-order valence-corrected chi connectivity index (χ0v) is 19.4. The molecule has 2 aromatic carbocycles. The summed E-state index contributed by atoms with van der Waals surface area (Å²) in [5.74, 6) is -0.141. The maximum absolute atomic E-state index is 13.0. The molecule has 0 aliphatic carbocycles. The molecule has 0 fully saturated rings. The third kappa shape index (κ3) is 3.87. The molecule has 4 rings (SSSR count). The topological polar surface area (TPSA) is 75.5 Å². The van der Waals surface area contributed by atoms with E-state index in [1.807, 2.05) is 54.9 Å². The zero-order valence-electron chi connectivity index (χ0n) is 18.6. The number of aryl methyl sites for hydroxylation is 1. The van der Waals surface area contributed by atoms with Crippen molar-refractivity contribution in [3.05, 3.63) is 77.1 Å². The minimum Gasteiger partial charge on any atom is -0.308 e. The molecule has 0 N–H and O–H groups in total. The number of fused-ring (bicyclic) bond motifs is 1. The summed E-state index contributed by atoms with van der Waals surface area (Å²) in [5.41, 5.74) is 5.30. The van der Waals surface area contributed by atoms with Crippen LogP contribution in [0.5, 0.6) is 0 Å². The van der Waals surface area contributed by atoms with Crippen LogP contribution in [-0.2, 0) is 21.2 Å². The number of rotatable bonds is 5. The fourth-order valence-electron chi connectivity index (χ4n) is 3.94. The third-order valence-electron chi connectivity index (χ3n) is 5.73. The van der Waals surface area contributed by atoms with Gasteiger partial charge in [0, 0.05) is 43.7 Å². The largest absolute Gasteiger partial charge is 0.308 e. The first kappa shape index (κ1) is 22.0. The van der Waals surface area contributed by atoms with Gasteiger partial charge in [-0.3, -0.25) is 4.79 Å². The second-order valence-electron chi connectivity index (χ2n) is 7.98. The molecule has 1 aliphatic rings. The fourth-order valence-corrected chi connectivity index (χ4v) is 4.89. The molecule has 1 amide bonds. The molecule has 1 aliphatic heterocycles. The van der Waals surface area contributed by atoms with Gasteiger partial charge in [-0.05, 0) is 62.2 Å². The van der Waals surface area contributed by atoms with Crippen LogP contribution in [0.3, 0.4) is 0 Å². The Morgan fingerprint density at radius 1 is 1.09 bits per heavy atom. The lowest BCUT2D eigenvalue weighted by molar-refractivity contribution is -0.114. The number of nitrogens with zero attached hydrogens (tertiary/aromatic N) is 4. The number of sulfonamides is 1. The van der Waals surface area contributed by atoms with E-state index in [0.29, 0.717) is 13.0 Å². The molecule has 0 atom stereocenters. The van der Waals surface area contributed by atoms with E-state index in [2.05, 4.69) is 5.10 Å². The van der Waals surface area contributed by atoms with Gasteiger partial charge in [-0.25, -0.2) is 17.4 Å². The van der Waals surface area contributed by atoms with Crippen LogP contribution in [0.25, 0.3) is 11.8 Å². The van der Waals surface area contributed by atoms with Gasteiger partial charge >= 0.3 is 0 Å². The van der Waals surface area contributed by atoms with Crippen LogP contribution in [0.15, 0.2) is 59.5 Å². The van der Waals surface area contributed by atoms with Crippen LogP contribution < -0.4 is 4.90 Å². The van der Waals surface area contributed by atoms with Crippen LogP contribution in [0.2, 0.25) is 0 Å². The van der Waals surface area contributed by atoms with Crippen molar-refractivity contribution in [1.29, 1.82) is 0 Å². The number of hydrogen-bond acceptors (Lipinski definition) is 4. The number of hydrogen-bond donors (Lipinski definition) is 0. The molecular weight excluding hydrogens is 424 g/mol. The van der Waals surface area contributed by atoms with Crippen molar-refractivity contribution in [2.45, 2.75) is 25.2 Å². The number of para-hydroxylation sites is 1. The maximum Gasteiger partial charge on any atom is 0.251 e. The van der Waals surface area contributed by atoms with E-state index in [9.17, 15) is 13.2 Å². The molecule has 1 aromatic heterocycles. The number of amides is 1. The van der Waals surface area contributed by atoms with E-state index in [0.717, 1.165) is 33.9 Å². The molecule has 2 heterocycles. The highest BCUT2D eigenvalue weighted by molar-refractivity contribution is 7.89. The number of benzene rings is 2. The minimum atomic E-state index is -3.51. The average Bonchev–Trinajstić information content (AvgIpc) is 3.32. The molecule has 0 saturated carbocycles. The summed E-state index contributed by atoms with van der Waals surface area (Å²) < 4.78 is 27.9. The van der Waals surface area contributed by atoms with Crippen LogP contribution >= 0.6 is 0 Å². The van der Waals surface area contributed by atoms with Gasteiger partial charge in [0.1, 0.15) is 0 Å². The second kappa shape index (κ2) is 8.37. The first-order valence-electron chi connectivity index (χ1n) is 10.4. The van der Waals surface area contributed by atoms with Gasteiger partial charge < -0.3 is 4.90 Å². The monoisotopic (exact) mass is 450 g/mol. The second-order valence-corrected chi connectivity index (χ2v) is 10.1. The first-order valence-corrected chi connectivity index (χ1v) is 11.8. The number of carbonyl (C=O) groups is 1. The van der Waals surface area contributed by atoms with E-state index in [4.69, 9.17) is 0 Å². The van der Waals surface area contributed by atoms with Gasteiger partial charge in [0.15, 0.2) is 0 Å². The predicted molar refractivity (Wildman–Crippen MR) is 125 cm³/mol. The molecule has 0 radical (unpaired) electrons. The number of aromatic nitrogens is 2. The van der Waals surface area contributed by atoms with Gasteiger partial charge in [0.25, 0.3) is 5.91 Å². The molecule has 0 spiro atoms. The van der Waals surface area contributed by atoms with Crippen molar-refractivity contribution in [3.8, 4) is 5.69 Å². The predicted octanol–water partition coefficient (Wildman–Crippen LogP) is 3.34. The molecule has 0 unspecified atom stereocenters. The van der Waals surface area contributed by atoms with Crippen molar-refractivity contribution >= 4 is 27.7 Å². The van der Waals surface area contributed by atoms with Crippen molar-refractivity contribution in [2.75, 3.05) is 25.5 Å². The van der Waals surface area contributed by atoms with E-state index < -0.39 is 10.0 Å². The number of anilines is 1. The average molecular weight is 451 g/mol. The Kier molecular flexibility index (Phi) is 5.75. The Morgan fingerprint density at radius 3 is 2.50 bits per heavy atom. The quantitative estimate of drug-likeness (QED) is 0.559. The Labute approximate surface area is 188 Å². The summed E-state index contributed by atoms with van der Waals surface area (Å²) >= 11 is 0. The zero-order chi connectivity index (χ0) is 23.0. The lowest BCUT2D eigenvalue weighted by Crippen LogP contribution is -2.27. The SMILES string of the molecule is Cc1nn(-c2ccccc2)c(C)c1C=CC(=O)N1CCc2cc(S(=O)(=O)N(C)C)ccc21. The van der Waals surface area contributed by atoms with Crippen molar-refractivity contribution in [2.24, 2.45) is 0 Å². The van der Waals surface area contributed by atoms with Gasteiger partial charge in [-0.1, -0.05) is 18.2 Å². The molecule has 0 bridgehead atoms. The normalized spacial score (nSPS) is 13.8. The molecule has 32 heavy (non-hydrogen) atoms. The molecule has 8 heteroatoms. The third-order valence-corrected chi connectivity index (χ3v) is 7.54. The molecule has 0 saturated heterocycles. The van der Waals surface area contributed by atoms with Crippen molar-refractivity contribution < 1.29 is 13.2 Å². The van der Waals surface area contributed by atoms with Crippen LogP contribution in [0, 0.1) is 13.8 Å². The molecular formula is C24H26N4O3S. The minimum absolute atomic E-state index is 0.141. The summed E-state index contributed by atoms with van der Waals surface area (Å²) in [4.78, 5) is 14.9. The van der Waals surface area contributed by atoms with Crippen LogP contribution in [0.4, 0.5) is 5.69 Å². The first-order chi connectivity index (χ1) is 15.2. The van der Waals surface area contributed by atoms with Gasteiger partial charge in [0.05, 0.1) is 16.3 Å². The van der Waals surface area contributed by atoms with E-state index in [-0.39, 0.29) is 10.8 Å². The summed E-state index contributed by atoms with van der Waals surface area (Å²) in [7, 11) is -0.492. The summed E-state index contributed by atoms with van der Waals surface area (Å²) in [6.45, 7) is 4.43. The highest BCUT2D eigenvalue weighted by Gasteiger charge is 2.26. The Hall–Kier alpha value is -3.23. The number of carbonyl (C=O) groups excluding carboxylic acids is 1. The van der Waals surface area contributed by atoms with Gasteiger partial charge in [-0.2, -0.15) is 5.10 Å². The Bertz CT molecular complexity index is 1310. The Balaban J connectivity index is 1.58. The standard InChI is InChI=1S/C24H26N4O3S/c1-17-22(18(2)28(25-17)20-8-6-5-7-9-20)11-13-24(29)27-15-14-19-16-21(10-12-23(19)27)32(30,31)26(3)4/h5-13,16H,14-15H2,1-4H3. The fraction of sp³-hybridized carbons (Fsp3) is 0.250. The summed E-state index contributed by atoms with van der Waals surface area (Å²) in [6.07, 6.45) is 3.99.